The summed E-state index contributed by atoms with van der Waals surface area (Å²) in [6.07, 6.45) is 6.60. The summed E-state index contributed by atoms with van der Waals surface area (Å²) in [6, 6.07) is 8.63. The van der Waals surface area contributed by atoms with E-state index in [1.54, 1.807) is 0 Å². The Kier molecular flexibility index (Phi) is 3.15. The largest absolute Gasteiger partial charge is 0.491 e. The van der Waals surface area contributed by atoms with Crippen LogP contribution >= 0.6 is 0 Å². The van der Waals surface area contributed by atoms with Crippen molar-refractivity contribution in [2.24, 2.45) is 0 Å². The normalized spacial score (nSPS) is 14.7. The van der Waals surface area contributed by atoms with Gasteiger partial charge < -0.3 is 14.6 Å². The first-order valence-electron chi connectivity index (χ1n) is 6.79. The molecule has 0 atom stereocenters. The third-order valence-electron chi connectivity index (χ3n) is 3.09. The molecule has 1 aromatic carbocycles. The van der Waals surface area contributed by atoms with E-state index in [9.17, 15) is 0 Å². The van der Waals surface area contributed by atoms with Crippen molar-refractivity contribution < 1.29 is 4.74 Å². The van der Waals surface area contributed by atoms with Gasteiger partial charge in [-0.3, -0.25) is 0 Å². The molecule has 2 aromatic rings. The van der Waals surface area contributed by atoms with Gasteiger partial charge in [0.15, 0.2) is 0 Å². The predicted octanol–water partition coefficient (Wildman–Crippen LogP) is 3.75. The van der Waals surface area contributed by atoms with Crippen molar-refractivity contribution in [1.82, 2.24) is 9.55 Å². The van der Waals surface area contributed by atoms with Gasteiger partial charge in [0.05, 0.1) is 6.10 Å². The summed E-state index contributed by atoms with van der Waals surface area (Å²) in [5.41, 5.74) is 1.03. The SMILES string of the molecule is CC(C)Oc1ccc(Nc2nccn2C2CC2)cc1. The lowest BCUT2D eigenvalue weighted by molar-refractivity contribution is 0.242. The van der Waals surface area contributed by atoms with Gasteiger partial charge in [-0.25, -0.2) is 4.98 Å². The molecule has 1 saturated carbocycles. The van der Waals surface area contributed by atoms with Crippen molar-refractivity contribution in [3.63, 3.8) is 0 Å². The van der Waals surface area contributed by atoms with E-state index in [0.717, 1.165) is 17.4 Å². The number of anilines is 2. The van der Waals surface area contributed by atoms with Crippen LogP contribution in [0.3, 0.4) is 0 Å². The number of hydrogen-bond acceptors (Lipinski definition) is 3. The van der Waals surface area contributed by atoms with E-state index < -0.39 is 0 Å². The Balaban J connectivity index is 1.70. The zero-order chi connectivity index (χ0) is 13.2. The van der Waals surface area contributed by atoms with E-state index in [4.69, 9.17) is 4.74 Å². The summed E-state index contributed by atoms with van der Waals surface area (Å²) < 4.78 is 7.83. The van der Waals surface area contributed by atoms with Crippen LogP contribution < -0.4 is 10.1 Å². The molecule has 0 radical (unpaired) electrons. The minimum absolute atomic E-state index is 0.201. The summed E-state index contributed by atoms with van der Waals surface area (Å²) >= 11 is 0. The zero-order valence-corrected chi connectivity index (χ0v) is 11.3. The standard InChI is InChI=1S/C15H19N3O/c1-11(2)19-14-7-3-12(4-8-14)17-15-16-9-10-18(15)13-5-6-13/h3-4,7-11,13H,5-6H2,1-2H3,(H,16,17). The third kappa shape index (κ3) is 2.89. The Labute approximate surface area is 113 Å². The minimum atomic E-state index is 0.201. The summed E-state index contributed by atoms with van der Waals surface area (Å²) in [5.74, 6) is 1.81. The molecule has 1 N–H and O–H groups in total. The average molecular weight is 257 g/mol. The molecule has 0 amide bonds. The Morgan fingerprint density at radius 3 is 2.63 bits per heavy atom. The first kappa shape index (κ1) is 12.1. The van der Waals surface area contributed by atoms with Crippen LogP contribution in [0.4, 0.5) is 11.6 Å². The summed E-state index contributed by atoms with van der Waals surface area (Å²) in [7, 11) is 0. The van der Waals surface area contributed by atoms with Crippen LogP contribution in [0.2, 0.25) is 0 Å². The maximum Gasteiger partial charge on any atom is 0.207 e. The molecule has 0 aliphatic heterocycles. The maximum atomic E-state index is 5.63. The van der Waals surface area contributed by atoms with E-state index in [1.165, 1.54) is 12.8 Å². The molecule has 0 bridgehead atoms. The van der Waals surface area contributed by atoms with E-state index >= 15 is 0 Å². The maximum absolute atomic E-state index is 5.63. The average Bonchev–Trinajstić information content (AvgIpc) is 3.12. The molecule has 4 nitrogen and oxygen atoms in total. The van der Waals surface area contributed by atoms with Crippen LogP contribution in [0.5, 0.6) is 5.75 Å². The number of imidazole rings is 1. The fraction of sp³-hybridized carbons (Fsp3) is 0.400. The van der Waals surface area contributed by atoms with Gasteiger partial charge in [0.1, 0.15) is 5.75 Å². The lowest BCUT2D eigenvalue weighted by atomic mass is 10.3. The van der Waals surface area contributed by atoms with Crippen molar-refractivity contribution >= 4 is 11.6 Å². The van der Waals surface area contributed by atoms with Crippen LogP contribution in [-0.4, -0.2) is 15.7 Å². The van der Waals surface area contributed by atoms with Crippen molar-refractivity contribution in [3.8, 4) is 5.75 Å². The molecule has 3 rings (SSSR count). The molecule has 1 aromatic heterocycles. The molecule has 0 spiro atoms. The molecule has 0 saturated heterocycles. The van der Waals surface area contributed by atoms with Crippen LogP contribution in [0.1, 0.15) is 32.7 Å². The summed E-state index contributed by atoms with van der Waals surface area (Å²) in [5, 5.41) is 3.35. The van der Waals surface area contributed by atoms with Gasteiger partial charge in [-0.2, -0.15) is 0 Å². The Morgan fingerprint density at radius 1 is 1.26 bits per heavy atom. The van der Waals surface area contributed by atoms with Crippen LogP contribution in [0.15, 0.2) is 36.7 Å². The fourth-order valence-electron chi connectivity index (χ4n) is 2.08. The van der Waals surface area contributed by atoms with Crippen molar-refractivity contribution in [2.75, 3.05) is 5.32 Å². The Bertz CT molecular complexity index is 541. The molecule has 1 aliphatic rings. The zero-order valence-electron chi connectivity index (χ0n) is 11.3. The quantitative estimate of drug-likeness (QED) is 0.886. The number of nitrogens with one attached hydrogen (secondary N) is 1. The monoisotopic (exact) mass is 257 g/mol. The number of rotatable bonds is 5. The second kappa shape index (κ2) is 4.96. The number of nitrogens with zero attached hydrogens (tertiary/aromatic N) is 2. The van der Waals surface area contributed by atoms with Gasteiger partial charge in [-0.05, 0) is 51.0 Å². The molecule has 1 heterocycles. The second-order valence-electron chi connectivity index (χ2n) is 5.21. The summed E-state index contributed by atoms with van der Waals surface area (Å²) in [4.78, 5) is 4.36. The highest BCUT2D eigenvalue weighted by Crippen LogP contribution is 2.37. The van der Waals surface area contributed by atoms with E-state index in [0.29, 0.717) is 6.04 Å². The Morgan fingerprint density at radius 2 is 2.00 bits per heavy atom. The van der Waals surface area contributed by atoms with Gasteiger partial charge >= 0.3 is 0 Å². The molecule has 4 heteroatoms. The first-order valence-corrected chi connectivity index (χ1v) is 6.79. The fourth-order valence-corrected chi connectivity index (χ4v) is 2.08. The predicted molar refractivity (Wildman–Crippen MR) is 76.0 cm³/mol. The molecule has 1 aliphatic carbocycles. The molecule has 19 heavy (non-hydrogen) atoms. The third-order valence-corrected chi connectivity index (χ3v) is 3.09. The van der Waals surface area contributed by atoms with Crippen LogP contribution in [0.25, 0.3) is 0 Å². The Hall–Kier alpha value is -1.97. The van der Waals surface area contributed by atoms with Gasteiger partial charge in [0.25, 0.3) is 0 Å². The number of ether oxygens (including phenoxy) is 1. The van der Waals surface area contributed by atoms with Gasteiger partial charge in [-0.15, -0.1) is 0 Å². The van der Waals surface area contributed by atoms with Crippen LogP contribution in [-0.2, 0) is 0 Å². The topological polar surface area (TPSA) is 39.1 Å². The van der Waals surface area contributed by atoms with Crippen LogP contribution in [0, 0.1) is 0 Å². The number of aromatic nitrogens is 2. The highest BCUT2D eigenvalue weighted by molar-refractivity contribution is 5.55. The van der Waals surface area contributed by atoms with Crippen molar-refractivity contribution in [1.29, 1.82) is 0 Å². The smallest absolute Gasteiger partial charge is 0.207 e. The lowest BCUT2D eigenvalue weighted by Gasteiger charge is -2.11. The lowest BCUT2D eigenvalue weighted by Crippen LogP contribution is -2.05. The molecule has 100 valence electrons. The number of benzene rings is 1. The van der Waals surface area contributed by atoms with E-state index in [2.05, 4.69) is 14.9 Å². The first-order chi connectivity index (χ1) is 9.22. The molecular formula is C15H19N3O. The van der Waals surface area contributed by atoms with E-state index in [1.807, 2.05) is 50.5 Å². The molecule has 0 unspecified atom stereocenters. The highest BCUT2D eigenvalue weighted by atomic mass is 16.5. The van der Waals surface area contributed by atoms with E-state index in [-0.39, 0.29) is 6.10 Å². The minimum Gasteiger partial charge on any atom is -0.491 e. The second-order valence-corrected chi connectivity index (χ2v) is 5.21. The molecule has 1 fully saturated rings. The van der Waals surface area contributed by atoms with Gasteiger partial charge in [0.2, 0.25) is 5.95 Å². The summed E-state index contributed by atoms with van der Waals surface area (Å²) in [6.45, 7) is 4.05. The van der Waals surface area contributed by atoms with Crippen molar-refractivity contribution in [2.45, 2.75) is 38.8 Å². The van der Waals surface area contributed by atoms with Gasteiger partial charge in [-0.1, -0.05) is 0 Å². The molecular weight excluding hydrogens is 238 g/mol. The van der Waals surface area contributed by atoms with Crippen molar-refractivity contribution in [3.05, 3.63) is 36.7 Å². The number of hydrogen-bond donors (Lipinski definition) is 1. The highest BCUT2D eigenvalue weighted by Gasteiger charge is 2.25. The van der Waals surface area contributed by atoms with Gasteiger partial charge in [0, 0.05) is 24.1 Å².